The van der Waals surface area contributed by atoms with Crippen molar-refractivity contribution in [3.8, 4) is 0 Å². The molecule has 9 atom stereocenters. The standard InChI is InChI=1S/C27H47N3/c1-18(2)7-6-8-19(3)23-11-12-24-22-10-9-20-17-21(29-30-28)13-15-26(20,4)25(22)14-16-27(23,24)5/h18-25H,6-17H2,1-5H3/t19-,20+,21+,22+,23-,24+,25+,26+,27-/m1/s1. The predicted octanol–water partition coefficient (Wildman–Crippen LogP) is 8.79. The van der Waals surface area contributed by atoms with E-state index in [4.69, 9.17) is 5.53 Å². The van der Waals surface area contributed by atoms with Crippen LogP contribution in [-0.4, -0.2) is 6.04 Å². The number of hydrogen-bond acceptors (Lipinski definition) is 1. The summed E-state index contributed by atoms with van der Waals surface area (Å²) in [5.41, 5.74) is 10.0. The van der Waals surface area contributed by atoms with E-state index in [0.29, 0.717) is 10.8 Å². The van der Waals surface area contributed by atoms with Gasteiger partial charge in [0.05, 0.1) is 0 Å². The number of azide groups is 1. The third kappa shape index (κ3) is 3.82. The topological polar surface area (TPSA) is 48.8 Å². The van der Waals surface area contributed by atoms with Gasteiger partial charge in [-0.15, -0.1) is 0 Å². The Bertz CT molecular complexity index is 652. The molecule has 4 fully saturated rings. The first-order valence-corrected chi connectivity index (χ1v) is 13.3. The zero-order valence-electron chi connectivity index (χ0n) is 20.4. The van der Waals surface area contributed by atoms with E-state index in [2.05, 4.69) is 44.6 Å². The molecule has 4 rings (SSSR count). The summed E-state index contributed by atoms with van der Waals surface area (Å²) in [6.07, 6.45) is 16.6. The van der Waals surface area contributed by atoms with Crippen molar-refractivity contribution in [1.82, 2.24) is 0 Å². The van der Waals surface area contributed by atoms with Gasteiger partial charge in [-0.3, -0.25) is 0 Å². The van der Waals surface area contributed by atoms with Crippen molar-refractivity contribution >= 4 is 0 Å². The number of rotatable bonds is 6. The smallest absolute Gasteiger partial charge is 0.0377 e. The highest BCUT2D eigenvalue weighted by Crippen LogP contribution is 2.68. The Morgan fingerprint density at radius 1 is 0.900 bits per heavy atom. The van der Waals surface area contributed by atoms with E-state index >= 15 is 0 Å². The number of nitrogens with zero attached hydrogens (tertiary/aromatic N) is 3. The summed E-state index contributed by atoms with van der Waals surface area (Å²) < 4.78 is 0. The molecule has 0 unspecified atom stereocenters. The highest BCUT2D eigenvalue weighted by atomic mass is 15.1. The normalized spacial score (nSPS) is 46.5. The molecule has 0 aromatic rings. The van der Waals surface area contributed by atoms with Crippen LogP contribution < -0.4 is 0 Å². The van der Waals surface area contributed by atoms with E-state index in [1.807, 2.05) is 0 Å². The molecule has 0 amide bonds. The average Bonchev–Trinajstić information content (AvgIpc) is 3.05. The molecule has 4 aliphatic rings. The third-order valence-corrected chi connectivity index (χ3v) is 11.1. The zero-order valence-corrected chi connectivity index (χ0v) is 20.4. The van der Waals surface area contributed by atoms with Gasteiger partial charge in [0.15, 0.2) is 0 Å². The molecule has 0 heterocycles. The highest BCUT2D eigenvalue weighted by molar-refractivity contribution is 5.10. The van der Waals surface area contributed by atoms with Gasteiger partial charge in [0.1, 0.15) is 0 Å². The average molecular weight is 414 g/mol. The Morgan fingerprint density at radius 2 is 1.63 bits per heavy atom. The van der Waals surface area contributed by atoms with Crippen LogP contribution in [0.15, 0.2) is 5.11 Å². The first-order chi connectivity index (χ1) is 14.3. The second-order valence-corrected chi connectivity index (χ2v) is 12.8. The molecule has 0 aromatic carbocycles. The van der Waals surface area contributed by atoms with E-state index in [0.717, 1.165) is 54.3 Å². The molecule has 0 saturated heterocycles. The van der Waals surface area contributed by atoms with E-state index in [1.54, 1.807) is 0 Å². The molecule has 0 spiro atoms. The van der Waals surface area contributed by atoms with Gasteiger partial charge in [0, 0.05) is 11.0 Å². The van der Waals surface area contributed by atoms with Crippen LogP contribution in [0.4, 0.5) is 0 Å². The van der Waals surface area contributed by atoms with Gasteiger partial charge in [-0.2, -0.15) is 0 Å². The van der Waals surface area contributed by atoms with E-state index in [9.17, 15) is 0 Å². The lowest BCUT2D eigenvalue weighted by Crippen LogP contribution is -2.54. The molecule has 170 valence electrons. The Kier molecular flexibility index (Phi) is 6.51. The SMILES string of the molecule is CC(C)CCC[C@@H](C)[C@H]1CC[C@H]2[C@@H]3CC[C@H]4C[C@@H](N=[N+]=[N-])CC[C@]4(C)[C@H]3CC[C@]12C. The van der Waals surface area contributed by atoms with Gasteiger partial charge in [-0.05, 0) is 116 Å². The Labute approximate surface area is 185 Å². The Balaban J connectivity index is 1.45. The van der Waals surface area contributed by atoms with Crippen LogP contribution in [0.2, 0.25) is 0 Å². The summed E-state index contributed by atoms with van der Waals surface area (Å²) in [6.45, 7) is 12.7. The van der Waals surface area contributed by atoms with Crippen molar-refractivity contribution in [1.29, 1.82) is 0 Å². The molecule has 0 N–H and O–H groups in total. The third-order valence-electron chi connectivity index (χ3n) is 11.1. The van der Waals surface area contributed by atoms with Crippen LogP contribution >= 0.6 is 0 Å². The van der Waals surface area contributed by atoms with Crippen molar-refractivity contribution in [2.75, 3.05) is 0 Å². The van der Waals surface area contributed by atoms with Crippen LogP contribution in [0.1, 0.15) is 112 Å². The maximum absolute atomic E-state index is 8.91. The van der Waals surface area contributed by atoms with Gasteiger partial charge in [-0.25, -0.2) is 0 Å². The molecule has 30 heavy (non-hydrogen) atoms. The van der Waals surface area contributed by atoms with Crippen molar-refractivity contribution < 1.29 is 0 Å². The second-order valence-electron chi connectivity index (χ2n) is 12.8. The lowest BCUT2D eigenvalue weighted by Gasteiger charge is -2.61. The molecule has 3 nitrogen and oxygen atoms in total. The number of hydrogen-bond donors (Lipinski definition) is 0. The summed E-state index contributed by atoms with van der Waals surface area (Å²) in [7, 11) is 0. The molecular formula is C27H47N3. The molecule has 4 saturated carbocycles. The van der Waals surface area contributed by atoms with E-state index in [-0.39, 0.29) is 6.04 Å². The first kappa shape index (κ1) is 22.5. The summed E-state index contributed by atoms with van der Waals surface area (Å²) in [4.78, 5) is 3.13. The fraction of sp³-hybridized carbons (Fsp3) is 1.00. The molecule has 0 aliphatic heterocycles. The summed E-state index contributed by atoms with van der Waals surface area (Å²) in [5.74, 6) is 6.37. The maximum Gasteiger partial charge on any atom is 0.0377 e. The zero-order chi connectivity index (χ0) is 21.5. The summed E-state index contributed by atoms with van der Waals surface area (Å²) in [6, 6.07) is 0.265. The summed E-state index contributed by atoms with van der Waals surface area (Å²) in [5, 5.41) is 4.12. The van der Waals surface area contributed by atoms with Gasteiger partial charge in [0.25, 0.3) is 0 Å². The van der Waals surface area contributed by atoms with Gasteiger partial charge >= 0.3 is 0 Å². The van der Waals surface area contributed by atoms with Gasteiger partial charge < -0.3 is 0 Å². The first-order valence-electron chi connectivity index (χ1n) is 13.3. The monoisotopic (exact) mass is 413 g/mol. The lowest BCUT2D eigenvalue weighted by molar-refractivity contribution is -0.116. The molecule has 0 radical (unpaired) electrons. The Morgan fingerprint density at radius 3 is 2.37 bits per heavy atom. The fourth-order valence-electron chi connectivity index (χ4n) is 9.44. The van der Waals surface area contributed by atoms with E-state index < -0.39 is 0 Å². The quantitative estimate of drug-likeness (QED) is 0.237. The van der Waals surface area contributed by atoms with E-state index in [1.165, 1.54) is 64.2 Å². The van der Waals surface area contributed by atoms with Crippen molar-refractivity contribution in [3.05, 3.63) is 10.4 Å². The van der Waals surface area contributed by atoms with Gasteiger partial charge in [-0.1, -0.05) is 59.0 Å². The fourth-order valence-corrected chi connectivity index (χ4v) is 9.44. The van der Waals surface area contributed by atoms with Crippen LogP contribution in [-0.2, 0) is 0 Å². The van der Waals surface area contributed by atoms with Crippen molar-refractivity contribution in [2.24, 2.45) is 57.4 Å². The molecular weight excluding hydrogens is 366 g/mol. The van der Waals surface area contributed by atoms with Crippen LogP contribution in [0, 0.1) is 52.3 Å². The summed E-state index contributed by atoms with van der Waals surface area (Å²) >= 11 is 0. The largest absolute Gasteiger partial charge is 0.0906 e. The maximum atomic E-state index is 8.91. The molecule has 3 heteroatoms. The highest BCUT2D eigenvalue weighted by Gasteiger charge is 2.60. The molecule has 0 bridgehead atoms. The second kappa shape index (κ2) is 8.68. The van der Waals surface area contributed by atoms with Crippen LogP contribution in [0.3, 0.4) is 0 Å². The van der Waals surface area contributed by atoms with Crippen LogP contribution in [0.5, 0.6) is 0 Å². The minimum Gasteiger partial charge on any atom is -0.0906 e. The predicted molar refractivity (Wildman–Crippen MR) is 126 cm³/mol. The van der Waals surface area contributed by atoms with Crippen LogP contribution in [0.25, 0.3) is 10.4 Å². The lowest BCUT2D eigenvalue weighted by atomic mass is 9.44. The number of fused-ring (bicyclic) bond motifs is 5. The van der Waals surface area contributed by atoms with Gasteiger partial charge in [0.2, 0.25) is 0 Å². The van der Waals surface area contributed by atoms with Crippen molar-refractivity contribution in [3.63, 3.8) is 0 Å². The minimum absolute atomic E-state index is 0.265. The molecule has 0 aromatic heterocycles. The Hall–Kier alpha value is -0.690. The van der Waals surface area contributed by atoms with Crippen molar-refractivity contribution in [2.45, 2.75) is 118 Å². The molecule has 4 aliphatic carbocycles. The minimum atomic E-state index is 0.265.